The van der Waals surface area contributed by atoms with Crippen LogP contribution in [0.25, 0.3) is 0 Å². The van der Waals surface area contributed by atoms with Gasteiger partial charge in [-0.05, 0) is 30.3 Å². The summed E-state index contributed by atoms with van der Waals surface area (Å²) >= 11 is 0. The van der Waals surface area contributed by atoms with E-state index in [1.54, 1.807) is 6.07 Å². The summed E-state index contributed by atoms with van der Waals surface area (Å²) in [4.78, 5) is 10.6. The van der Waals surface area contributed by atoms with Crippen LogP contribution in [0.5, 0.6) is 0 Å². The standard InChI is InChI=1S/C12H7FN2O5S/c13-8-5-7(6-14)1-2-9(8)15-21(18,19)11-4-3-10(20-11)12(16)17/h1-5,15H,(H,16,17). The van der Waals surface area contributed by atoms with E-state index in [1.165, 1.54) is 6.07 Å². The fraction of sp³-hybridized carbons (Fsp3) is 0. The molecule has 0 aliphatic heterocycles. The van der Waals surface area contributed by atoms with E-state index in [4.69, 9.17) is 10.4 Å². The number of aromatic carboxylic acids is 1. The molecule has 2 rings (SSSR count). The lowest BCUT2D eigenvalue weighted by atomic mass is 10.2. The van der Waals surface area contributed by atoms with E-state index >= 15 is 0 Å². The fourth-order valence-corrected chi connectivity index (χ4v) is 2.44. The summed E-state index contributed by atoms with van der Waals surface area (Å²) in [6, 6.07) is 6.77. The molecule has 0 bridgehead atoms. The molecule has 1 aromatic carbocycles. The van der Waals surface area contributed by atoms with Crippen molar-refractivity contribution < 1.29 is 27.1 Å². The molecule has 7 nitrogen and oxygen atoms in total. The molecule has 2 aromatic rings. The fourth-order valence-electron chi connectivity index (χ4n) is 1.44. The molecule has 0 unspecified atom stereocenters. The van der Waals surface area contributed by atoms with Crippen molar-refractivity contribution >= 4 is 21.7 Å². The Morgan fingerprint density at radius 3 is 2.57 bits per heavy atom. The zero-order valence-electron chi connectivity index (χ0n) is 10.2. The third kappa shape index (κ3) is 3.01. The van der Waals surface area contributed by atoms with E-state index in [1.807, 2.05) is 4.72 Å². The van der Waals surface area contributed by atoms with Crippen LogP contribution in [0.4, 0.5) is 10.1 Å². The number of carboxylic acid groups (broad SMARTS) is 1. The first-order chi connectivity index (χ1) is 9.83. The van der Waals surface area contributed by atoms with Gasteiger partial charge in [-0.15, -0.1) is 0 Å². The summed E-state index contributed by atoms with van der Waals surface area (Å²) < 4.78 is 44.0. The van der Waals surface area contributed by atoms with Crippen molar-refractivity contribution in [2.24, 2.45) is 0 Å². The summed E-state index contributed by atoms with van der Waals surface area (Å²) in [5.74, 6) is -2.93. The average molecular weight is 310 g/mol. The minimum atomic E-state index is -4.27. The summed E-state index contributed by atoms with van der Waals surface area (Å²) in [7, 11) is -4.27. The molecule has 21 heavy (non-hydrogen) atoms. The number of furan rings is 1. The highest BCUT2D eigenvalue weighted by Gasteiger charge is 2.22. The molecule has 0 amide bonds. The zero-order valence-corrected chi connectivity index (χ0v) is 11.0. The van der Waals surface area contributed by atoms with Gasteiger partial charge >= 0.3 is 5.97 Å². The third-order valence-corrected chi connectivity index (χ3v) is 3.64. The summed E-state index contributed by atoms with van der Waals surface area (Å²) in [6.45, 7) is 0. The number of hydrogen-bond acceptors (Lipinski definition) is 5. The number of carbonyl (C=O) groups is 1. The van der Waals surface area contributed by atoms with Gasteiger partial charge in [0.1, 0.15) is 5.82 Å². The predicted octanol–water partition coefficient (Wildman–Crippen LogP) is 1.79. The number of anilines is 1. The van der Waals surface area contributed by atoms with E-state index in [0.29, 0.717) is 0 Å². The van der Waals surface area contributed by atoms with Gasteiger partial charge in [-0.2, -0.15) is 13.7 Å². The molecule has 0 aliphatic carbocycles. The maximum atomic E-state index is 13.6. The second kappa shape index (κ2) is 5.26. The first kappa shape index (κ1) is 14.5. The second-order valence-electron chi connectivity index (χ2n) is 3.84. The highest BCUT2D eigenvalue weighted by molar-refractivity contribution is 7.92. The van der Waals surface area contributed by atoms with Crippen LogP contribution >= 0.6 is 0 Å². The van der Waals surface area contributed by atoms with Gasteiger partial charge in [0, 0.05) is 0 Å². The van der Waals surface area contributed by atoms with Crippen LogP contribution < -0.4 is 4.72 Å². The average Bonchev–Trinajstić information content (AvgIpc) is 2.91. The predicted molar refractivity (Wildman–Crippen MR) is 67.6 cm³/mol. The molecule has 0 saturated carbocycles. The number of nitrogens with zero attached hydrogens (tertiary/aromatic N) is 1. The van der Waals surface area contributed by atoms with E-state index in [-0.39, 0.29) is 11.3 Å². The van der Waals surface area contributed by atoms with Crippen molar-refractivity contribution in [3.8, 4) is 6.07 Å². The largest absolute Gasteiger partial charge is 0.475 e. The SMILES string of the molecule is N#Cc1ccc(NS(=O)(=O)c2ccc(C(=O)O)o2)c(F)c1. The molecule has 1 heterocycles. The van der Waals surface area contributed by atoms with Gasteiger partial charge in [0.15, 0.2) is 0 Å². The van der Waals surface area contributed by atoms with Gasteiger partial charge in [0.05, 0.1) is 17.3 Å². The lowest BCUT2D eigenvalue weighted by Gasteiger charge is -2.06. The smallest absolute Gasteiger partial charge is 0.371 e. The van der Waals surface area contributed by atoms with Crippen molar-refractivity contribution in [3.63, 3.8) is 0 Å². The Hall–Kier alpha value is -2.86. The van der Waals surface area contributed by atoms with Crippen LogP contribution in [-0.2, 0) is 10.0 Å². The van der Waals surface area contributed by atoms with Gasteiger partial charge in [-0.25, -0.2) is 9.18 Å². The first-order valence-corrected chi connectivity index (χ1v) is 6.87. The number of nitriles is 1. The van der Waals surface area contributed by atoms with Crippen molar-refractivity contribution in [1.29, 1.82) is 5.26 Å². The minimum Gasteiger partial charge on any atom is -0.475 e. The van der Waals surface area contributed by atoms with E-state index < -0.39 is 32.7 Å². The highest BCUT2D eigenvalue weighted by Crippen LogP contribution is 2.21. The maximum absolute atomic E-state index is 13.6. The first-order valence-electron chi connectivity index (χ1n) is 5.39. The zero-order chi connectivity index (χ0) is 15.6. The summed E-state index contributed by atoms with van der Waals surface area (Å²) in [5, 5.41) is 16.6. The molecular weight excluding hydrogens is 303 g/mol. The Bertz CT molecular complexity index is 851. The van der Waals surface area contributed by atoms with Crippen LogP contribution in [0.2, 0.25) is 0 Å². The minimum absolute atomic E-state index is 0.0293. The molecule has 0 saturated heterocycles. The van der Waals surface area contributed by atoms with Crippen molar-refractivity contribution in [1.82, 2.24) is 0 Å². The lowest BCUT2D eigenvalue weighted by molar-refractivity contribution is 0.0656. The number of benzene rings is 1. The highest BCUT2D eigenvalue weighted by atomic mass is 32.2. The maximum Gasteiger partial charge on any atom is 0.371 e. The molecule has 0 radical (unpaired) electrons. The van der Waals surface area contributed by atoms with Gasteiger partial charge in [-0.1, -0.05) is 0 Å². The molecule has 0 spiro atoms. The van der Waals surface area contributed by atoms with Crippen molar-refractivity contribution in [2.45, 2.75) is 5.09 Å². The third-order valence-electron chi connectivity index (χ3n) is 2.40. The van der Waals surface area contributed by atoms with Crippen molar-refractivity contribution in [2.75, 3.05) is 4.72 Å². The number of sulfonamides is 1. The molecule has 0 fully saturated rings. The second-order valence-corrected chi connectivity index (χ2v) is 5.45. The molecule has 108 valence electrons. The van der Waals surface area contributed by atoms with Crippen LogP contribution in [0, 0.1) is 17.1 Å². The van der Waals surface area contributed by atoms with Crippen LogP contribution in [-0.4, -0.2) is 19.5 Å². The molecular formula is C12H7FN2O5S. The van der Waals surface area contributed by atoms with Gasteiger partial charge < -0.3 is 9.52 Å². The van der Waals surface area contributed by atoms with Crippen LogP contribution in [0.3, 0.4) is 0 Å². The Labute approximate surface area is 118 Å². The quantitative estimate of drug-likeness (QED) is 0.888. The Morgan fingerprint density at radius 1 is 1.33 bits per heavy atom. The van der Waals surface area contributed by atoms with E-state index in [9.17, 15) is 17.6 Å². The van der Waals surface area contributed by atoms with Gasteiger partial charge in [0.25, 0.3) is 10.0 Å². The Kier molecular flexibility index (Phi) is 3.64. The van der Waals surface area contributed by atoms with E-state index in [0.717, 1.165) is 24.3 Å². The van der Waals surface area contributed by atoms with Gasteiger partial charge in [-0.3, -0.25) is 4.72 Å². The Morgan fingerprint density at radius 2 is 2.05 bits per heavy atom. The van der Waals surface area contributed by atoms with Crippen molar-refractivity contribution in [3.05, 3.63) is 47.5 Å². The topological polar surface area (TPSA) is 120 Å². The molecule has 0 atom stereocenters. The summed E-state index contributed by atoms with van der Waals surface area (Å²) in [6.07, 6.45) is 0. The lowest BCUT2D eigenvalue weighted by Crippen LogP contribution is -2.13. The normalized spacial score (nSPS) is 10.9. The molecule has 2 N–H and O–H groups in total. The molecule has 0 aliphatic rings. The number of halogens is 1. The number of rotatable bonds is 4. The molecule has 9 heteroatoms. The Balaban J connectivity index is 2.33. The summed E-state index contributed by atoms with van der Waals surface area (Å²) in [5.41, 5.74) is -0.358. The van der Waals surface area contributed by atoms with E-state index in [2.05, 4.69) is 4.42 Å². The molecule has 1 aromatic heterocycles. The van der Waals surface area contributed by atoms with Crippen LogP contribution in [0.1, 0.15) is 16.1 Å². The monoisotopic (exact) mass is 310 g/mol. The number of carboxylic acids is 1. The number of nitrogens with one attached hydrogen (secondary N) is 1. The van der Waals surface area contributed by atoms with Gasteiger partial charge in [0.2, 0.25) is 10.9 Å². The van der Waals surface area contributed by atoms with Crippen LogP contribution in [0.15, 0.2) is 39.8 Å². The number of hydrogen-bond donors (Lipinski definition) is 2.